The van der Waals surface area contributed by atoms with E-state index in [1.165, 1.54) is 49.5 Å². The first-order valence-corrected chi connectivity index (χ1v) is 8.76. The predicted octanol–water partition coefficient (Wildman–Crippen LogP) is 4.57. The molecule has 0 atom stereocenters. The summed E-state index contributed by atoms with van der Waals surface area (Å²) in [6, 6.07) is 0. The van der Waals surface area contributed by atoms with Gasteiger partial charge in [-0.15, -0.1) is 4.55 Å². The summed E-state index contributed by atoms with van der Waals surface area (Å²) in [5, 5.41) is 0. The molecule has 0 radical (unpaired) electrons. The highest BCUT2D eigenvalue weighted by Gasteiger charge is 1.88. The van der Waals surface area contributed by atoms with Gasteiger partial charge in [-0.05, 0) is 19.3 Å². The summed E-state index contributed by atoms with van der Waals surface area (Å²) in [6.45, 7) is 2.26. The van der Waals surface area contributed by atoms with Gasteiger partial charge in [-0.1, -0.05) is 44.8 Å². The average Bonchev–Trinajstić information content (AvgIpc) is 2.16. The highest BCUT2D eigenvalue weighted by molar-refractivity contribution is 6.93. The summed E-state index contributed by atoms with van der Waals surface area (Å²) >= 11 is -0.198. The van der Waals surface area contributed by atoms with Gasteiger partial charge in [0.15, 0.2) is 0 Å². The average molecular weight is 213 g/mol. The van der Waals surface area contributed by atoms with Gasteiger partial charge in [-0.2, -0.15) is 0 Å². The highest BCUT2D eigenvalue weighted by atomic mass is 35.5. The molecular weight excluding hydrogens is 192 g/mol. The number of hydrogen-bond acceptors (Lipinski definition) is 0. The zero-order valence-corrected chi connectivity index (χ0v) is 11.1. The number of allylic oxidation sites excluding steroid dienone is 2. The molecule has 0 aliphatic carbocycles. The summed E-state index contributed by atoms with van der Waals surface area (Å²) in [7, 11) is 5.71. The molecule has 0 unspecified atom stereocenters. The maximum absolute atomic E-state index is 5.71. The fourth-order valence-electron chi connectivity index (χ4n) is 1.28. The Morgan fingerprint density at radius 2 is 1.69 bits per heavy atom. The lowest BCUT2D eigenvalue weighted by molar-refractivity contribution is 0.673. The number of rotatable bonds is 9. The second-order valence-electron chi connectivity index (χ2n) is 3.51. The third kappa shape index (κ3) is 12.8. The van der Waals surface area contributed by atoms with Crippen molar-refractivity contribution in [2.24, 2.45) is 0 Å². The molecule has 0 heterocycles. The molecule has 2 heteroatoms. The first kappa shape index (κ1) is 13.8. The highest BCUT2D eigenvalue weighted by Crippen LogP contribution is 2.04. The molecule has 0 aromatic carbocycles. The van der Waals surface area contributed by atoms with Gasteiger partial charge in [-0.3, -0.25) is 0 Å². The van der Waals surface area contributed by atoms with Gasteiger partial charge in [0.25, 0.3) is 0 Å². The lowest BCUT2D eigenvalue weighted by Crippen LogP contribution is -1.77. The van der Waals surface area contributed by atoms with Crippen molar-refractivity contribution in [1.29, 1.82) is 0 Å². The van der Waals surface area contributed by atoms with E-state index in [9.17, 15) is 0 Å². The number of halogens is 1. The first-order valence-electron chi connectivity index (χ1n) is 5.62. The van der Waals surface area contributed by atoms with Crippen molar-refractivity contribution < 1.29 is 0 Å². The lowest BCUT2D eigenvalue weighted by Gasteiger charge is -1.94. The Kier molecular flexibility index (Phi) is 13.6. The molecular formula is C11H21ClMg. The van der Waals surface area contributed by atoms with Crippen molar-refractivity contribution in [3.63, 3.8) is 0 Å². The van der Waals surface area contributed by atoms with Crippen molar-refractivity contribution >= 4 is 28.3 Å². The van der Waals surface area contributed by atoms with Crippen molar-refractivity contribution in [2.45, 2.75) is 56.4 Å². The van der Waals surface area contributed by atoms with Crippen molar-refractivity contribution in [3.8, 4) is 0 Å². The molecule has 0 aromatic heterocycles. The van der Waals surface area contributed by atoms with Crippen LogP contribution in [0.4, 0.5) is 0 Å². The van der Waals surface area contributed by atoms with Gasteiger partial charge >= 0.3 is 19.3 Å². The van der Waals surface area contributed by atoms with Crippen LogP contribution in [0.15, 0.2) is 12.2 Å². The normalized spacial score (nSPS) is 10.6. The first-order chi connectivity index (χ1) is 6.41. The van der Waals surface area contributed by atoms with Crippen LogP contribution >= 0.6 is 9.07 Å². The molecule has 0 bridgehead atoms. The van der Waals surface area contributed by atoms with E-state index in [1.807, 2.05) is 0 Å². The van der Waals surface area contributed by atoms with Gasteiger partial charge in [-0.25, -0.2) is 0 Å². The Labute approximate surface area is 96.6 Å². The van der Waals surface area contributed by atoms with E-state index in [1.54, 1.807) is 0 Å². The Bertz CT molecular complexity index is 113. The van der Waals surface area contributed by atoms with Gasteiger partial charge < -0.3 is 9.07 Å². The summed E-state index contributed by atoms with van der Waals surface area (Å²) in [4.78, 5) is 0. The van der Waals surface area contributed by atoms with Crippen LogP contribution in [0.25, 0.3) is 0 Å². The van der Waals surface area contributed by atoms with Crippen LogP contribution in [0.2, 0.25) is 4.55 Å². The SMILES string of the molecule is CCCCCC/C=C\CC[CH2][Mg][Cl]. The van der Waals surface area contributed by atoms with Crippen LogP contribution in [0.5, 0.6) is 0 Å². The van der Waals surface area contributed by atoms with Crippen LogP contribution in [0.1, 0.15) is 51.9 Å². The number of hydrogen-bond donors (Lipinski definition) is 0. The van der Waals surface area contributed by atoms with E-state index in [-0.39, 0.29) is 19.3 Å². The zero-order valence-electron chi connectivity index (χ0n) is 8.90. The lowest BCUT2D eigenvalue weighted by atomic mass is 10.1. The molecule has 0 aliphatic heterocycles. The maximum atomic E-state index is 5.71. The van der Waals surface area contributed by atoms with E-state index in [4.69, 9.17) is 9.07 Å². The fourth-order valence-corrected chi connectivity index (χ4v) is 2.33. The molecule has 0 amide bonds. The van der Waals surface area contributed by atoms with Crippen molar-refractivity contribution in [3.05, 3.63) is 12.2 Å². The maximum Gasteiger partial charge on any atom is 0.501 e. The summed E-state index contributed by atoms with van der Waals surface area (Å²) in [6.07, 6.45) is 14.0. The van der Waals surface area contributed by atoms with E-state index in [0.717, 1.165) is 0 Å². The molecule has 0 aliphatic rings. The van der Waals surface area contributed by atoms with E-state index in [0.29, 0.717) is 0 Å². The van der Waals surface area contributed by atoms with Crippen LogP contribution in [0, 0.1) is 0 Å². The molecule has 0 rings (SSSR count). The van der Waals surface area contributed by atoms with Gasteiger partial charge in [0, 0.05) is 0 Å². The predicted molar refractivity (Wildman–Crippen MR) is 63.5 cm³/mol. The molecule has 0 spiro atoms. The zero-order chi connectivity index (χ0) is 9.78. The minimum Gasteiger partial charge on any atom is -0.346 e. The van der Waals surface area contributed by atoms with Gasteiger partial charge in [0.2, 0.25) is 0 Å². The van der Waals surface area contributed by atoms with E-state index >= 15 is 0 Å². The second-order valence-corrected chi connectivity index (χ2v) is 5.72. The van der Waals surface area contributed by atoms with Gasteiger partial charge in [0.1, 0.15) is 0 Å². The van der Waals surface area contributed by atoms with Crippen LogP contribution in [-0.2, 0) is 0 Å². The van der Waals surface area contributed by atoms with E-state index < -0.39 is 0 Å². The Morgan fingerprint density at radius 1 is 1.00 bits per heavy atom. The molecule has 74 valence electrons. The van der Waals surface area contributed by atoms with Crippen molar-refractivity contribution in [2.75, 3.05) is 0 Å². The third-order valence-electron chi connectivity index (χ3n) is 2.15. The summed E-state index contributed by atoms with van der Waals surface area (Å²) < 4.78 is 1.29. The third-order valence-corrected chi connectivity index (χ3v) is 3.71. The van der Waals surface area contributed by atoms with Crippen molar-refractivity contribution in [1.82, 2.24) is 0 Å². The Hall–Kier alpha value is 0.796. The largest absolute Gasteiger partial charge is 0.501 e. The minimum absolute atomic E-state index is 0.198. The Morgan fingerprint density at radius 3 is 2.31 bits per heavy atom. The molecule has 0 saturated heterocycles. The van der Waals surface area contributed by atoms with Crippen LogP contribution in [0.3, 0.4) is 0 Å². The van der Waals surface area contributed by atoms with Crippen LogP contribution in [-0.4, -0.2) is 19.3 Å². The number of unbranched alkanes of at least 4 members (excludes halogenated alkanes) is 5. The molecule has 0 nitrogen and oxygen atoms in total. The topological polar surface area (TPSA) is 0 Å². The molecule has 0 fully saturated rings. The second kappa shape index (κ2) is 12.8. The smallest absolute Gasteiger partial charge is 0.346 e. The van der Waals surface area contributed by atoms with Gasteiger partial charge in [0.05, 0.1) is 0 Å². The standard InChI is InChI=1S/C11H21.ClH.Mg/c1-3-5-7-9-11-10-8-6-4-2;;/h7,9H,1,3-6,8,10-11H2,2H3;1H;/q;;+1/p-1/b9-7-;;. The Balaban J connectivity index is 2.95. The summed E-state index contributed by atoms with van der Waals surface area (Å²) in [5.74, 6) is 0. The molecule has 0 aromatic rings. The minimum atomic E-state index is -0.198. The quantitative estimate of drug-likeness (QED) is 0.299. The molecule has 0 saturated carbocycles. The monoisotopic (exact) mass is 212 g/mol. The summed E-state index contributed by atoms with van der Waals surface area (Å²) in [5.41, 5.74) is 0. The van der Waals surface area contributed by atoms with E-state index in [2.05, 4.69) is 19.1 Å². The fraction of sp³-hybridized carbons (Fsp3) is 0.818. The molecule has 13 heavy (non-hydrogen) atoms. The van der Waals surface area contributed by atoms with Crippen LogP contribution < -0.4 is 0 Å². The molecule has 0 N–H and O–H groups in total.